The van der Waals surface area contributed by atoms with Gasteiger partial charge in [0.25, 0.3) is 0 Å². The molecule has 0 radical (unpaired) electrons. The van der Waals surface area contributed by atoms with Crippen LogP contribution in [-0.2, 0) is 4.79 Å². The van der Waals surface area contributed by atoms with Crippen LogP contribution >= 0.6 is 0 Å². The van der Waals surface area contributed by atoms with E-state index in [1.165, 1.54) is 5.56 Å². The lowest BCUT2D eigenvalue weighted by atomic mass is 9.97. The van der Waals surface area contributed by atoms with Gasteiger partial charge in [0.15, 0.2) is 5.82 Å². The maximum Gasteiger partial charge on any atom is 0.229 e. The molecule has 2 heterocycles. The number of hydrogen-bond donors (Lipinski definition) is 1. The number of amides is 1. The van der Waals surface area contributed by atoms with Crippen LogP contribution in [0.4, 0.5) is 11.5 Å². The number of anilines is 2. The first kappa shape index (κ1) is 19.9. The predicted octanol–water partition coefficient (Wildman–Crippen LogP) is 4.32. The molecule has 1 aromatic heterocycles. The largest absolute Gasteiger partial charge is 0.496 e. The number of nitrogens with one attached hydrogen (secondary N) is 1. The number of para-hydroxylation sites is 1. The van der Waals surface area contributed by atoms with Crippen LogP contribution in [0.2, 0.25) is 0 Å². The van der Waals surface area contributed by atoms with Gasteiger partial charge in [-0.05, 0) is 56.2 Å². The summed E-state index contributed by atoms with van der Waals surface area (Å²) in [4.78, 5) is 14.9. The lowest BCUT2D eigenvalue weighted by Gasteiger charge is -2.32. The molecule has 1 saturated heterocycles. The Balaban J connectivity index is 1.44. The van der Waals surface area contributed by atoms with Crippen molar-refractivity contribution in [3.63, 3.8) is 0 Å². The minimum Gasteiger partial charge on any atom is -0.496 e. The summed E-state index contributed by atoms with van der Waals surface area (Å²) >= 11 is 0. The van der Waals surface area contributed by atoms with Crippen molar-refractivity contribution in [1.82, 2.24) is 10.2 Å². The smallest absolute Gasteiger partial charge is 0.229 e. The zero-order valence-electron chi connectivity index (χ0n) is 17.3. The van der Waals surface area contributed by atoms with Crippen molar-refractivity contribution in [2.75, 3.05) is 30.4 Å². The highest BCUT2D eigenvalue weighted by atomic mass is 16.5. The molecule has 0 spiro atoms. The van der Waals surface area contributed by atoms with Crippen LogP contribution in [0.15, 0.2) is 60.7 Å². The van der Waals surface area contributed by atoms with Crippen molar-refractivity contribution < 1.29 is 9.53 Å². The molecule has 154 valence electrons. The molecular weight excluding hydrogens is 376 g/mol. The molecule has 1 aliphatic rings. The summed E-state index contributed by atoms with van der Waals surface area (Å²) in [6.45, 7) is 3.54. The van der Waals surface area contributed by atoms with E-state index in [1.54, 1.807) is 7.11 Å². The highest BCUT2D eigenvalue weighted by Crippen LogP contribution is 2.29. The monoisotopic (exact) mass is 402 g/mol. The maximum absolute atomic E-state index is 12.8. The number of aromatic nitrogens is 2. The van der Waals surface area contributed by atoms with Crippen molar-refractivity contribution in [3.8, 4) is 17.0 Å². The molecule has 30 heavy (non-hydrogen) atoms. The second kappa shape index (κ2) is 8.95. The fourth-order valence-electron chi connectivity index (χ4n) is 3.77. The lowest BCUT2D eigenvalue weighted by molar-refractivity contribution is -0.120. The van der Waals surface area contributed by atoms with Crippen molar-refractivity contribution in [1.29, 1.82) is 0 Å². The summed E-state index contributed by atoms with van der Waals surface area (Å²) in [6.07, 6.45) is 1.82. The molecule has 0 aliphatic carbocycles. The van der Waals surface area contributed by atoms with Crippen LogP contribution in [0.1, 0.15) is 18.4 Å². The van der Waals surface area contributed by atoms with Crippen molar-refractivity contribution in [2.45, 2.75) is 19.8 Å². The van der Waals surface area contributed by atoms with Crippen molar-refractivity contribution in [2.24, 2.45) is 5.92 Å². The standard InChI is InChI=1S/C24H26N4O2/c1-17-9-11-19(12-10-17)25-24(29)18-6-5-15-28(16-18)23-14-13-21(26-27-23)20-7-3-4-8-22(20)30-2/h3-4,7-14,18H,5-6,15-16H2,1-2H3,(H,25,29). The van der Waals surface area contributed by atoms with E-state index in [9.17, 15) is 4.79 Å². The van der Waals surface area contributed by atoms with Gasteiger partial charge in [-0.2, -0.15) is 0 Å². The van der Waals surface area contributed by atoms with E-state index < -0.39 is 0 Å². The van der Waals surface area contributed by atoms with E-state index in [2.05, 4.69) is 20.4 Å². The maximum atomic E-state index is 12.8. The van der Waals surface area contributed by atoms with E-state index in [0.717, 1.165) is 47.9 Å². The number of benzene rings is 2. The number of rotatable bonds is 5. The van der Waals surface area contributed by atoms with Gasteiger partial charge in [-0.15, -0.1) is 10.2 Å². The Kier molecular flexibility index (Phi) is 5.93. The molecule has 1 N–H and O–H groups in total. The number of nitrogens with zero attached hydrogens (tertiary/aromatic N) is 3. The third-order valence-corrected chi connectivity index (χ3v) is 5.47. The second-order valence-electron chi connectivity index (χ2n) is 7.62. The number of methoxy groups -OCH3 is 1. The van der Waals surface area contributed by atoms with E-state index in [4.69, 9.17) is 4.74 Å². The van der Waals surface area contributed by atoms with E-state index in [0.29, 0.717) is 6.54 Å². The molecule has 2 aromatic carbocycles. The highest BCUT2D eigenvalue weighted by Gasteiger charge is 2.27. The summed E-state index contributed by atoms with van der Waals surface area (Å²) in [6, 6.07) is 19.6. The Morgan fingerprint density at radius 3 is 2.60 bits per heavy atom. The summed E-state index contributed by atoms with van der Waals surface area (Å²) < 4.78 is 5.42. The molecule has 1 aliphatic heterocycles. The molecule has 1 atom stereocenters. The van der Waals surface area contributed by atoms with E-state index in [1.807, 2.05) is 67.6 Å². The van der Waals surface area contributed by atoms with Gasteiger partial charge in [0, 0.05) is 24.3 Å². The van der Waals surface area contributed by atoms with Crippen LogP contribution in [0.3, 0.4) is 0 Å². The third kappa shape index (κ3) is 4.43. The predicted molar refractivity (Wildman–Crippen MR) is 119 cm³/mol. The first-order chi connectivity index (χ1) is 14.6. The topological polar surface area (TPSA) is 67.3 Å². The first-order valence-corrected chi connectivity index (χ1v) is 10.2. The zero-order valence-corrected chi connectivity index (χ0v) is 17.3. The molecule has 6 heteroatoms. The minimum absolute atomic E-state index is 0.0576. The average Bonchev–Trinajstić information content (AvgIpc) is 2.80. The molecule has 1 amide bonds. The molecule has 4 rings (SSSR count). The van der Waals surface area contributed by atoms with Gasteiger partial charge in [-0.3, -0.25) is 4.79 Å². The fraction of sp³-hybridized carbons (Fsp3) is 0.292. The quantitative estimate of drug-likeness (QED) is 0.689. The van der Waals surface area contributed by atoms with Gasteiger partial charge >= 0.3 is 0 Å². The molecule has 3 aromatic rings. The Bertz CT molecular complexity index is 1000. The molecule has 1 unspecified atom stereocenters. The summed E-state index contributed by atoms with van der Waals surface area (Å²) in [5, 5.41) is 11.9. The van der Waals surface area contributed by atoms with E-state index >= 15 is 0 Å². The number of carbonyl (C=O) groups excluding carboxylic acids is 1. The van der Waals surface area contributed by atoms with Crippen molar-refractivity contribution in [3.05, 3.63) is 66.2 Å². The SMILES string of the molecule is COc1ccccc1-c1ccc(N2CCCC(C(=O)Nc3ccc(C)cc3)C2)nn1. The summed E-state index contributed by atoms with van der Waals surface area (Å²) in [7, 11) is 1.65. The number of piperidine rings is 1. The Hall–Kier alpha value is -3.41. The van der Waals surface area contributed by atoms with Gasteiger partial charge in [0.05, 0.1) is 18.7 Å². The second-order valence-corrected chi connectivity index (χ2v) is 7.62. The Morgan fingerprint density at radius 1 is 1.07 bits per heavy atom. The number of aryl methyl sites for hydroxylation is 1. The van der Waals surface area contributed by atoms with Crippen LogP contribution in [-0.4, -0.2) is 36.3 Å². The lowest BCUT2D eigenvalue weighted by Crippen LogP contribution is -2.41. The highest BCUT2D eigenvalue weighted by molar-refractivity contribution is 5.93. The molecule has 1 fully saturated rings. The molecule has 0 bridgehead atoms. The zero-order chi connectivity index (χ0) is 20.9. The number of ether oxygens (including phenoxy) is 1. The van der Waals surface area contributed by atoms with Crippen molar-refractivity contribution >= 4 is 17.4 Å². The van der Waals surface area contributed by atoms with Gasteiger partial charge in [0.1, 0.15) is 5.75 Å². The molecule has 6 nitrogen and oxygen atoms in total. The number of hydrogen-bond acceptors (Lipinski definition) is 5. The summed E-state index contributed by atoms with van der Waals surface area (Å²) in [5.41, 5.74) is 3.69. The van der Waals surface area contributed by atoms with Gasteiger partial charge < -0.3 is 15.0 Å². The Labute approximate surface area is 176 Å². The van der Waals surface area contributed by atoms with Crippen LogP contribution in [0.25, 0.3) is 11.3 Å². The fourth-order valence-corrected chi connectivity index (χ4v) is 3.77. The normalized spacial score (nSPS) is 16.2. The average molecular weight is 402 g/mol. The molecule has 0 saturated carbocycles. The third-order valence-electron chi connectivity index (χ3n) is 5.47. The first-order valence-electron chi connectivity index (χ1n) is 10.2. The van der Waals surface area contributed by atoms with Crippen LogP contribution in [0, 0.1) is 12.8 Å². The minimum atomic E-state index is -0.0734. The van der Waals surface area contributed by atoms with Gasteiger partial charge in [-0.1, -0.05) is 29.8 Å². The van der Waals surface area contributed by atoms with Gasteiger partial charge in [0.2, 0.25) is 5.91 Å². The van der Waals surface area contributed by atoms with Gasteiger partial charge in [-0.25, -0.2) is 0 Å². The summed E-state index contributed by atoms with van der Waals surface area (Å²) in [5.74, 6) is 1.55. The van der Waals surface area contributed by atoms with Crippen LogP contribution in [0.5, 0.6) is 5.75 Å². The van der Waals surface area contributed by atoms with Crippen LogP contribution < -0.4 is 15.0 Å². The Morgan fingerprint density at radius 2 is 1.87 bits per heavy atom. The number of carbonyl (C=O) groups is 1. The molecular formula is C24H26N4O2. The van der Waals surface area contributed by atoms with E-state index in [-0.39, 0.29) is 11.8 Å².